The highest BCUT2D eigenvalue weighted by Gasteiger charge is 2.21. The van der Waals surface area contributed by atoms with Crippen molar-refractivity contribution in [3.63, 3.8) is 0 Å². The minimum atomic E-state index is -3.13. The first-order valence-corrected chi connectivity index (χ1v) is 3.59. The first-order valence-electron chi connectivity index (χ1n) is 3.59. The molecule has 0 unspecified atom stereocenters. The predicted octanol–water partition coefficient (Wildman–Crippen LogP) is 1.73. The van der Waals surface area contributed by atoms with Gasteiger partial charge in [0, 0.05) is 0 Å². The second-order valence-electron chi connectivity index (χ2n) is 2.47. The molecule has 1 aromatic rings. The van der Waals surface area contributed by atoms with Gasteiger partial charge in [-0.3, -0.25) is 0 Å². The van der Waals surface area contributed by atoms with E-state index in [0.717, 1.165) is 0 Å². The molecule has 0 aromatic carbocycles. The van der Waals surface area contributed by atoms with Gasteiger partial charge in [-0.2, -0.15) is 5.26 Å². The van der Waals surface area contributed by atoms with Gasteiger partial charge in [-0.1, -0.05) is 0 Å². The summed E-state index contributed by atoms with van der Waals surface area (Å²) in [5.74, 6) is -3.08. The molecule has 1 aromatic heterocycles. The average molecular weight is 216 g/mol. The fraction of sp³-hybridized carbons (Fsp3) is 0.125. The molecule has 15 heavy (non-hydrogen) atoms. The smallest absolute Gasteiger partial charge is 0.357 e. The van der Waals surface area contributed by atoms with Crippen molar-refractivity contribution < 1.29 is 23.1 Å². The largest absolute Gasteiger partial charge is 0.476 e. The van der Waals surface area contributed by atoms with E-state index in [0.29, 0.717) is 6.07 Å². The lowest BCUT2D eigenvalue weighted by Crippen LogP contribution is -2.09. The molecule has 1 heterocycles. The molecule has 0 amide bonds. The molecule has 0 spiro atoms. The van der Waals surface area contributed by atoms with E-state index in [1.807, 2.05) is 0 Å². The van der Waals surface area contributed by atoms with E-state index in [1.54, 1.807) is 0 Å². The Balaban J connectivity index is 3.45. The average Bonchev–Trinajstić information content (AvgIpc) is 2.16. The second kappa shape index (κ2) is 3.96. The lowest BCUT2D eigenvalue weighted by Gasteiger charge is -2.03. The molecule has 0 saturated heterocycles. The van der Waals surface area contributed by atoms with E-state index >= 15 is 0 Å². The first kappa shape index (κ1) is 11.0. The van der Waals surface area contributed by atoms with Crippen molar-refractivity contribution in [3.8, 4) is 6.07 Å². The van der Waals surface area contributed by atoms with Gasteiger partial charge in [0.15, 0.2) is 11.5 Å². The summed E-state index contributed by atoms with van der Waals surface area (Å²) in [5.41, 5.74) is -2.83. The molecule has 1 N–H and O–H groups in total. The zero-order valence-electron chi connectivity index (χ0n) is 7.04. The third kappa shape index (κ3) is 2.04. The molecule has 4 nitrogen and oxygen atoms in total. The highest BCUT2D eigenvalue weighted by Crippen LogP contribution is 2.22. The lowest BCUT2D eigenvalue weighted by atomic mass is 10.2. The number of carboxylic acids is 1. The minimum absolute atomic E-state index is 0.429. The van der Waals surface area contributed by atoms with E-state index in [9.17, 15) is 18.0 Å². The zero-order valence-corrected chi connectivity index (χ0v) is 7.04. The Bertz CT molecular complexity index is 454. The van der Waals surface area contributed by atoms with Gasteiger partial charge in [0.25, 0.3) is 6.43 Å². The Labute approximate surface area is 81.6 Å². The van der Waals surface area contributed by atoms with Crippen molar-refractivity contribution in [2.75, 3.05) is 0 Å². The SMILES string of the molecule is N#Cc1cc(F)c(C(=O)O)nc1C(F)F. The van der Waals surface area contributed by atoms with E-state index in [1.165, 1.54) is 6.07 Å². The van der Waals surface area contributed by atoms with Gasteiger partial charge in [-0.15, -0.1) is 0 Å². The number of rotatable bonds is 2. The van der Waals surface area contributed by atoms with Crippen molar-refractivity contribution >= 4 is 5.97 Å². The summed E-state index contributed by atoms with van der Waals surface area (Å²) >= 11 is 0. The Morgan fingerprint density at radius 1 is 1.60 bits per heavy atom. The van der Waals surface area contributed by atoms with Crippen molar-refractivity contribution in [1.29, 1.82) is 5.26 Å². The maximum absolute atomic E-state index is 12.9. The van der Waals surface area contributed by atoms with E-state index in [2.05, 4.69) is 4.98 Å². The van der Waals surface area contributed by atoms with Crippen molar-refractivity contribution in [2.45, 2.75) is 6.43 Å². The van der Waals surface area contributed by atoms with Crippen LogP contribution in [0.3, 0.4) is 0 Å². The number of aromatic carboxylic acids is 1. The number of nitriles is 1. The summed E-state index contributed by atoms with van der Waals surface area (Å²) in [5, 5.41) is 16.8. The van der Waals surface area contributed by atoms with Gasteiger partial charge in [-0.25, -0.2) is 22.9 Å². The summed E-state index contributed by atoms with van der Waals surface area (Å²) < 4.78 is 37.4. The molecular weight excluding hydrogens is 213 g/mol. The number of hydrogen-bond acceptors (Lipinski definition) is 3. The maximum atomic E-state index is 12.9. The summed E-state index contributed by atoms with van der Waals surface area (Å²) in [6, 6.07) is 1.74. The van der Waals surface area contributed by atoms with Crippen LogP contribution in [0.25, 0.3) is 0 Å². The highest BCUT2D eigenvalue weighted by molar-refractivity contribution is 5.85. The molecule has 78 valence electrons. The molecule has 0 aliphatic carbocycles. The Morgan fingerprint density at radius 3 is 2.60 bits per heavy atom. The summed E-state index contributed by atoms with van der Waals surface area (Å²) in [6.07, 6.45) is -3.13. The molecule has 7 heteroatoms. The number of carbonyl (C=O) groups is 1. The third-order valence-corrected chi connectivity index (χ3v) is 1.54. The van der Waals surface area contributed by atoms with Crippen LogP contribution in [0.1, 0.15) is 28.2 Å². The lowest BCUT2D eigenvalue weighted by molar-refractivity contribution is 0.0683. The van der Waals surface area contributed by atoms with Crippen LogP contribution in [0.5, 0.6) is 0 Å². The standard InChI is InChI=1S/C8H3F3N2O2/c9-4-1-3(2-12)5(7(10)11)13-6(4)8(14)15/h1,7H,(H,14,15). The number of aromatic nitrogens is 1. The molecule has 0 aliphatic heterocycles. The third-order valence-electron chi connectivity index (χ3n) is 1.54. The van der Waals surface area contributed by atoms with Crippen LogP contribution >= 0.6 is 0 Å². The molecule has 0 aliphatic rings. The van der Waals surface area contributed by atoms with E-state index < -0.39 is 35.2 Å². The number of nitrogens with zero attached hydrogens (tertiary/aromatic N) is 2. The summed E-state index contributed by atoms with van der Waals surface area (Å²) in [6.45, 7) is 0. The Hall–Kier alpha value is -2.10. The van der Waals surface area contributed by atoms with Crippen LogP contribution in [0.15, 0.2) is 6.07 Å². The number of halogens is 3. The molecule has 0 saturated carbocycles. The van der Waals surface area contributed by atoms with Gasteiger partial charge in [-0.05, 0) is 6.07 Å². The van der Waals surface area contributed by atoms with Crippen LogP contribution in [-0.4, -0.2) is 16.1 Å². The van der Waals surface area contributed by atoms with Crippen molar-refractivity contribution in [2.24, 2.45) is 0 Å². The van der Waals surface area contributed by atoms with Crippen LogP contribution in [0.2, 0.25) is 0 Å². The molecular formula is C8H3F3N2O2. The van der Waals surface area contributed by atoms with Crippen LogP contribution in [0, 0.1) is 17.1 Å². The highest BCUT2D eigenvalue weighted by atomic mass is 19.3. The van der Waals surface area contributed by atoms with Crippen LogP contribution in [-0.2, 0) is 0 Å². The molecule has 0 bridgehead atoms. The van der Waals surface area contributed by atoms with Gasteiger partial charge in [0.05, 0.1) is 5.56 Å². The number of hydrogen-bond donors (Lipinski definition) is 1. The van der Waals surface area contributed by atoms with Gasteiger partial charge in [0.2, 0.25) is 0 Å². The van der Waals surface area contributed by atoms with Gasteiger partial charge in [0.1, 0.15) is 11.8 Å². The Kier molecular flexibility index (Phi) is 2.90. The second-order valence-corrected chi connectivity index (χ2v) is 2.47. The first-order chi connectivity index (χ1) is 6.97. The van der Waals surface area contributed by atoms with E-state index in [-0.39, 0.29) is 0 Å². The minimum Gasteiger partial charge on any atom is -0.476 e. The molecule has 0 fully saturated rings. The topological polar surface area (TPSA) is 74.0 Å². The Morgan fingerprint density at radius 2 is 2.20 bits per heavy atom. The molecule has 0 radical (unpaired) electrons. The summed E-state index contributed by atoms with van der Waals surface area (Å²) in [4.78, 5) is 13.3. The van der Waals surface area contributed by atoms with Gasteiger partial charge >= 0.3 is 5.97 Å². The predicted molar refractivity (Wildman–Crippen MR) is 40.8 cm³/mol. The number of pyridine rings is 1. The summed E-state index contributed by atoms with van der Waals surface area (Å²) in [7, 11) is 0. The fourth-order valence-electron chi connectivity index (χ4n) is 0.909. The monoisotopic (exact) mass is 216 g/mol. The zero-order chi connectivity index (χ0) is 11.6. The van der Waals surface area contributed by atoms with Crippen LogP contribution in [0.4, 0.5) is 13.2 Å². The van der Waals surface area contributed by atoms with Crippen molar-refractivity contribution in [1.82, 2.24) is 4.98 Å². The molecule has 0 atom stereocenters. The quantitative estimate of drug-likeness (QED) is 0.816. The number of carboxylic acid groups (broad SMARTS) is 1. The number of alkyl halides is 2. The van der Waals surface area contributed by atoms with Crippen LogP contribution < -0.4 is 0 Å². The normalized spacial score (nSPS) is 10.1. The van der Waals surface area contributed by atoms with E-state index in [4.69, 9.17) is 10.4 Å². The van der Waals surface area contributed by atoms with Crippen molar-refractivity contribution in [3.05, 3.63) is 28.8 Å². The maximum Gasteiger partial charge on any atom is 0.357 e. The van der Waals surface area contributed by atoms with Gasteiger partial charge < -0.3 is 5.11 Å². The molecule has 1 rings (SSSR count). The fourth-order valence-corrected chi connectivity index (χ4v) is 0.909.